The van der Waals surface area contributed by atoms with Gasteiger partial charge < -0.3 is 9.64 Å². The van der Waals surface area contributed by atoms with Crippen molar-refractivity contribution < 1.29 is 13.9 Å². The molecule has 1 aliphatic heterocycles. The van der Waals surface area contributed by atoms with Crippen LogP contribution in [0.15, 0.2) is 66.7 Å². The molecule has 1 atom stereocenters. The van der Waals surface area contributed by atoms with E-state index in [0.717, 1.165) is 27.9 Å². The van der Waals surface area contributed by atoms with Gasteiger partial charge in [-0.2, -0.15) is 4.68 Å². The fraction of sp³-hybridized carbons (Fsp3) is 0.200. The lowest BCUT2D eigenvalue weighted by molar-refractivity contribution is -0.135. The Bertz CT molecular complexity index is 1300. The second-order valence-electron chi connectivity index (χ2n) is 8.07. The number of hydrogen-bond acceptors (Lipinski definition) is 5. The molecule has 1 aromatic heterocycles. The van der Waals surface area contributed by atoms with E-state index in [1.165, 1.54) is 12.1 Å². The minimum atomic E-state index is -0.602. The van der Waals surface area contributed by atoms with Gasteiger partial charge in [-0.15, -0.1) is 5.10 Å². The smallest absolute Gasteiger partial charge is 0.261 e. The summed E-state index contributed by atoms with van der Waals surface area (Å²) in [5.41, 5.74) is 4.47. The maximum Gasteiger partial charge on any atom is 0.261 e. The fourth-order valence-electron chi connectivity index (χ4n) is 4.28. The fourth-order valence-corrected chi connectivity index (χ4v) is 4.28. The van der Waals surface area contributed by atoms with Crippen molar-refractivity contribution >= 4 is 5.91 Å². The van der Waals surface area contributed by atoms with E-state index in [4.69, 9.17) is 4.74 Å². The molecule has 0 bridgehead atoms. The first-order chi connectivity index (χ1) is 16.0. The predicted molar refractivity (Wildman–Crippen MR) is 119 cm³/mol. The highest BCUT2D eigenvalue weighted by molar-refractivity contribution is 5.79. The van der Waals surface area contributed by atoms with Crippen LogP contribution in [0.1, 0.15) is 34.1 Å². The summed E-state index contributed by atoms with van der Waals surface area (Å²) in [7, 11) is 0. The topological polar surface area (TPSA) is 73.1 Å². The van der Waals surface area contributed by atoms with Crippen molar-refractivity contribution in [2.45, 2.75) is 26.4 Å². The Kier molecular flexibility index (Phi) is 5.34. The summed E-state index contributed by atoms with van der Waals surface area (Å²) < 4.78 is 21.0. The van der Waals surface area contributed by atoms with Crippen LogP contribution in [0.2, 0.25) is 0 Å². The van der Waals surface area contributed by atoms with E-state index in [9.17, 15) is 9.18 Å². The predicted octanol–water partition coefficient (Wildman–Crippen LogP) is 3.93. The molecule has 0 N–H and O–H groups in total. The molecule has 166 valence electrons. The molecule has 0 saturated heterocycles. The van der Waals surface area contributed by atoms with Crippen LogP contribution < -0.4 is 4.74 Å². The molecule has 0 spiro atoms. The van der Waals surface area contributed by atoms with Gasteiger partial charge in [-0.25, -0.2) is 4.39 Å². The lowest BCUT2D eigenvalue weighted by Gasteiger charge is -2.29. The van der Waals surface area contributed by atoms with Crippen LogP contribution in [0.3, 0.4) is 0 Å². The van der Waals surface area contributed by atoms with Crippen LogP contribution in [0.5, 0.6) is 5.75 Å². The number of nitrogens with zero attached hydrogens (tertiary/aromatic N) is 5. The summed E-state index contributed by atoms with van der Waals surface area (Å²) >= 11 is 0. The number of amides is 1. The highest BCUT2D eigenvalue weighted by atomic mass is 19.1. The maximum absolute atomic E-state index is 13.5. The molecule has 33 heavy (non-hydrogen) atoms. The number of para-hydroxylation sites is 2. The number of rotatable bonds is 4. The number of tetrazole rings is 1. The molecule has 0 fully saturated rings. The molecule has 7 nitrogen and oxygen atoms in total. The highest BCUT2D eigenvalue weighted by Gasteiger charge is 2.36. The third-order valence-electron chi connectivity index (χ3n) is 5.85. The van der Waals surface area contributed by atoms with E-state index in [0.29, 0.717) is 11.6 Å². The summed E-state index contributed by atoms with van der Waals surface area (Å²) in [6.07, 6.45) is 0. The standard InChI is InChI=1S/C25H22FN5O2/c1-16-6-5-7-17(2)23(16)31-25(27-28-29-31)24-20-8-3-4-9-21(20)33-15-22(32)30(24)14-18-10-12-19(26)13-11-18/h3-13,24H,14-15H2,1-2H3. The average Bonchev–Trinajstić information content (AvgIpc) is 3.22. The first kappa shape index (κ1) is 20.8. The summed E-state index contributed by atoms with van der Waals surface area (Å²) in [6.45, 7) is 4.14. The zero-order valence-electron chi connectivity index (χ0n) is 18.3. The highest BCUT2D eigenvalue weighted by Crippen LogP contribution is 2.38. The molecule has 1 unspecified atom stereocenters. The number of carbonyl (C=O) groups excluding carboxylic acids is 1. The van der Waals surface area contributed by atoms with Gasteiger partial charge in [-0.1, -0.05) is 48.5 Å². The molecule has 5 rings (SSSR count). The second kappa shape index (κ2) is 8.46. The van der Waals surface area contributed by atoms with Crippen LogP contribution in [0.4, 0.5) is 4.39 Å². The van der Waals surface area contributed by atoms with Crippen molar-refractivity contribution in [1.82, 2.24) is 25.1 Å². The summed E-state index contributed by atoms with van der Waals surface area (Å²) in [4.78, 5) is 15.0. The second-order valence-corrected chi connectivity index (χ2v) is 8.07. The van der Waals surface area contributed by atoms with E-state index in [1.54, 1.807) is 21.7 Å². The molecule has 1 amide bonds. The third kappa shape index (κ3) is 3.84. The van der Waals surface area contributed by atoms with Gasteiger partial charge >= 0.3 is 0 Å². The minimum Gasteiger partial charge on any atom is -0.483 e. The molecular weight excluding hydrogens is 421 g/mol. The first-order valence-electron chi connectivity index (χ1n) is 10.6. The van der Waals surface area contributed by atoms with Crippen molar-refractivity contribution in [3.63, 3.8) is 0 Å². The molecule has 0 saturated carbocycles. The van der Waals surface area contributed by atoms with Gasteiger partial charge in [-0.3, -0.25) is 4.79 Å². The Hall–Kier alpha value is -4.07. The van der Waals surface area contributed by atoms with Crippen LogP contribution >= 0.6 is 0 Å². The Morgan fingerprint density at radius 1 is 1.00 bits per heavy atom. The van der Waals surface area contributed by atoms with Gasteiger partial charge in [0.05, 0.1) is 5.69 Å². The number of aryl methyl sites for hydroxylation is 2. The van der Waals surface area contributed by atoms with E-state index in [1.807, 2.05) is 56.3 Å². The summed E-state index contributed by atoms with van der Waals surface area (Å²) in [5, 5.41) is 12.6. The van der Waals surface area contributed by atoms with E-state index < -0.39 is 6.04 Å². The Labute approximate surface area is 190 Å². The van der Waals surface area contributed by atoms with Gasteiger partial charge in [0.25, 0.3) is 5.91 Å². The normalized spacial score (nSPS) is 15.7. The van der Waals surface area contributed by atoms with Gasteiger partial charge in [0.2, 0.25) is 0 Å². The Morgan fingerprint density at radius 2 is 1.73 bits per heavy atom. The van der Waals surface area contributed by atoms with Crippen molar-refractivity contribution in [2.24, 2.45) is 0 Å². The lowest BCUT2D eigenvalue weighted by Crippen LogP contribution is -2.37. The van der Waals surface area contributed by atoms with Gasteiger partial charge in [0, 0.05) is 12.1 Å². The third-order valence-corrected chi connectivity index (χ3v) is 5.85. The summed E-state index contributed by atoms with van der Waals surface area (Å²) in [6, 6.07) is 19.0. The van der Waals surface area contributed by atoms with Gasteiger partial charge in [0.1, 0.15) is 17.6 Å². The minimum absolute atomic E-state index is 0.111. The first-order valence-corrected chi connectivity index (χ1v) is 10.6. The molecule has 0 radical (unpaired) electrons. The number of fused-ring (bicyclic) bond motifs is 1. The van der Waals surface area contributed by atoms with Crippen LogP contribution in [0, 0.1) is 19.7 Å². The Balaban J connectivity index is 1.69. The molecular formula is C25H22FN5O2. The number of carbonyl (C=O) groups is 1. The van der Waals surface area contributed by atoms with E-state index in [2.05, 4.69) is 15.5 Å². The molecule has 2 heterocycles. The number of benzene rings is 3. The monoisotopic (exact) mass is 443 g/mol. The van der Waals surface area contributed by atoms with Crippen molar-refractivity contribution in [2.75, 3.05) is 6.61 Å². The number of aromatic nitrogens is 4. The number of halogens is 1. The SMILES string of the molecule is Cc1cccc(C)c1-n1nnnc1C1c2ccccc2OCC(=O)N1Cc1ccc(F)cc1. The summed E-state index contributed by atoms with van der Waals surface area (Å²) in [5.74, 6) is 0.566. The van der Waals surface area contributed by atoms with E-state index >= 15 is 0 Å². The van der Waals surface area contributed by atoms with Crippen molar-refractivity contribution in [3.8, 4) is 11.4 Å². The Morgan fingerprint density at radius 3 is 2.48 bits per heavy atom. The van der Waals surface area contributed by atoms with Gasteiger partial charge in [-0.05, 0) is 59.2 Å². The van der Waals surface area contributed by atoms with Crippen LogP contribution in [-0.2, 0) is 11.3 Å². The van der Waals surface area contributed by atoms with Crippen LogP contribution in [-0.4, -0.2) is 37.6 Å². The van der Waals surface area contributed by atoms with E-state index in [-0.39, 0.29) is 24.9 Å². The molecule has 1 aliphatic rings. The molecule has 8 heteroatoms. The molecule has 0 aliphatic carbocycles. The van der Waals surface area contributed by atoms with Crippen LogP contribution in [0.25, 0.3) is 5.69 Å². The number of hydrogen-bond donors (Lipinski definition) is 0. The largest absolute Gasteiger partial charge is 0.483 e. The maximum atomic E-state index is 13.5. The zero-order chi connectivity index (χ0) is 22.9. The molecule has 4 aromatic rings. The zero-order valence-corrected chi connectivity index (χ0v) is 18.3. The van der Waals surface area contributed by atoms with Gasteiger partial charge in [0.15, 0.2) is 12.4 Å². The molecule has 3 aromatic carbocycles. The number of ether oxygens (including phenoxy) is 1. The lowest BCUT2D eigenvalue weighted by atomic mass is 10.0. The van der Waals surface area contributed by atoms with Crippen molar-refractivity contribution in [1.29, 1.82) is 0 Å². The average molecular weight is 443 g/mol. The quantitative estimate of drug-likeness (QED) is 0.478. The van der Waals surface area contributed by atoms with Crippen molar-refractivity contribution in [3.05, 3.63) is 101 Å².